The Kier molecular flexibility index (Phi) is 3.52. The molecule has 17 heavy (non-hydrogen) atoms. The van der Waals surface area contributed by atoms with Crippen molar-refractivity contribution >= 4 is 5.97 Å². The number of allylic oxidation sites excluding steroid dienone is 4. The first-order valence-electron chi connectivity index (χ1n) is 5.94. The van der Waals surface area contributed by atoms with Crippen LogP contribution in [0.25, 0.3) is 0 Å². The molecule has 90 valence electrons. The molecule has 2 atom stereocenters. The van der Waals surface area contributed by atoms with E-state index in [0.29, 0.717) is 6.42 Å². The summed E-state index contributed by atoms with van der Waals surface area (Å²) in [7, 11) is 0. The minimum atomic E-state index is -0.745. The summed E-state index contributed by atoms with van der Waals surface area (Å²) in [6.07, 6.45) is 9.93. The van der Waals surface area contributed by atoms with Crippen molar-refractivity contribution in [1.82, 2.24) is 0 Å². The van der Waals surface area contributed by atoms with Crippen molar-refractivity contribution < 1.29 is 9.90 Å². The predicted octanol–water partition coefficient (Wildman–Crippen LogP) is 3.30. The third-order valence-electron chi connectivity index (χ3n) is 3.30. The third kappa shape index (κ3) is 2.35. The lowest BCUT2D eigenvalue weighted by Gasteiger charge is -2.24. The summed E-state index contributed by atoms with van der Waals surface area (Å²) < 4.78 is 0. The second kappa shape index (κ2) is 5.08. The SMILES string of the molecule is CC[C@H](C(=O)O)C1C=CN=NC2=C1CCC=C2. The number of hydrogen-bond donors (Lipinski definition) is 1. The third-order valence-corrected chi connectivity index (χ3v) is 3.30. The largest absolute Gasteiger partial charge is 0.481 e. The van der Waals surface area contributed by atoms with Crippen LogP contribution in [0.4, 0.5) is 0 Å². The molecule has 1 aliphatic heterocycles. The molecule has 4 heteroatoms. The zero-order valence-electron chi connectivity index (χ0n) is 9.84. The van der Waals surface area contributed by atoms with Crippen LogP contribution in [0.5, 0.6) is 0 Å². The van der Waals surface area contributed by atoms with Crippen molar-refractivity contribution in [2.24, 2.45) is 22.1 Å². The van der Waals surface area contributed by atoms with Crippen molar-refractivity contribution in [3.8, 4) is 0 Å². The van der Waals surface area contributed by atoms with E-state index in [2.05, 4.69) is 16.3 Å². The van der Waals surface area contributed by atoms with Gasteiger partial charge in [0.15, 0.2) is 0 Å². The lowest BCUT2D eigenvalue weighted by atomic mass is 9.80. The number of carboxylic acid groups (broad SMARTS) is 1. The van der Waals surface area contributed by atoms with Crippen LogP contribution in [0.2, 0.25) is 0 Å². The fraction of sp³-hybridized carbons (Fsp3) is 0.462. The van der Waals surface area contributed by atoms with Gasteiger partial charge in [-0.1, -0.05) is 19.1 Å². The van der Waals surface area contributed by atoms with Crippen LogP contribution in [-0.2, 0) is 4.79 Å². The Labute approximate surface area is 100 Å². The maximum absolute atomic E-state index is 11.3. The standard InChI is InChI=1S/C13H16N2O2/c1-2-9(13(16)17)10-7-8-14-15-12-6-4-3-5-11(10)12/h4,6-10H,2-3,5H2,1H3,(H,16,17)/t9-,10?/m0/s1. The Morgan fingerprint density at radius 1 is 1.65 bits per heavy atom. The highest BCUT2D eigenvalue weighted by Gasteiger charge is 2.30. The van der Waals surface area contributed by atoms with E-state index in [-0.39, 0.29) is 11.8 Å². The summed E-state index contributed by atoms with van der Waals surface area (Å²) in [5.74, 6) is -1.20. The normalized spacial score (nSPS) is 24.4. The molecule has 1 aliphatic carbocycles. The van der Waals surface area contributed by atoms with Crippen molar-refractivity contribution in [2.45, 2.75) is 26.2 Å². The summed E-state index contributed by atoms with van der Waals surface area (Å²) in [5, 5.41) is 17.3. The van der Waals surface area contributed by atoms with E-state index < -0.39 is 5.97 Å². The monoisotopic (exact) mass is 232 g/mol. The van der Waals surface area contributed by atoms with Crippen LogP contribution in [0.1, 0.15) is 26.2 Å². The van der Waals surface area contributed by atoms with Gasteiger partial charge in [0.1, 0.15) is 0 Å². The molecular formula is C13H16N2O2. The van der Waals surface area contributed by atoms with Crippen LogP contribution < -0.4 is 0 Å². The molecule has 2 rings (SSSR count). The van der Waals surface area contributed by atoms with Crippen LogP contribution >= 0.6 is 0 Å². The van der Waals surface area contributed by atoms with E-state index >= 15 is 0 Å². The van der Waals surface area contributed by atoms with Gasteiger partial charge in [-0.05, 0) is 30.9 Å². The van der Waals surface area contributed by atoms with Gasteiger partial charge in [-0.25, -0.2) is 0 Å². The van der Waals surface area contributed by atoms with E-state index in [0.717, 1.165) is 24.1 Å². The number of carboxylic acids is 1. The van der Waals surface area contributed by atoms with Gasteiger partial charge in [0.05, 0.1) is 11.6 Å². The molecule has 0 aromatic rings. The molecule has 0 spiro atoms. The average Bonchev–Trinajstić information content (AvgIpc) is 2.53. The van der Waals surface area contributed by atoms with Gasteiger partial charge < -0.3 is 5.11 Å². The van der Waals surface area contributed by atoms with Gasteiger partial charge in [0, 0.05) is 12.1 Å². The molecule has 0 aromatic heterocycles. The molecule has 0 bridgehead atoms. The Bertz CT molecular complexity index is 433. The van der Waals surface area contributed by atoms with E-state index in [1.54, 1.807) is 6.20 Å². The molecule has 0 amide bonds. The summed E-state index contributed by atoms with van der Waals surface area (Å²) in [6, 6.07) is 0. The first-order chi connectivity index (χ1) is 8.24. The topological polar surface area (TPSA) is 62.0 Å². The lowest BCUT2D eigenvalue weighted by Crippen LogP contribution is -2.24. The van der Waals surface area contributed by atoms with Gasteiger partial charge in [-0.3, -0.25) is 4.79 Å². The second-order valence-electron chi connectivity index (χ2n) is 4.29. The average molecular weight is 232 g/mol. The van der Waals surface area contributed by atoms with Gasteiger partial charge >= 0.3 is 5.97 Å². The van der Waals surface area contributed by atoms with Crippen molar-refractivity contribution in [1.29, 1.82) is 0 Å². The molecule has 0 radical (unpaired) electrons. The number of aliphatic carboxylic acids is 1. The molecule has 1 heterocycles. The van der Waals surface area contributed by atoms with E-state index in [1.165, 1.54) is 0 Å². The number of rotatable bonds is 3. The Morgan fingerprint density at radius 2 is 2.47 bits per heavy atom. The number of nitrogens with zero attached hydrogens (tertiary/aromatic N) is 2. The molecule has 0 saturated carbocycles. The van der Waals surface area contributed by atoms with Gasteiger partial charge in [-0.15, -0.1) is 0 Å². The van der Waals surface area contributed by atoms with E-state index in [1.807, 2.05) is 19.1 Å². The molecule has 2 aliphatic rings. The minimum absolute atomic E-state index is 0.0764. The molecule has 0 saturated heterocycles. The van der Waals surface area contributed by atoms with Crippen molar-refractivity contribution in [2.75, 3.05) is 0 Å². The highest BCUT2D eigenvalue weighted by molar-refractivity contribution is 5.71. The molecule has 1 N–H and O–H groups in total. The smallest absolute Gasteiger partial charge is 0.307 e. The van der Waals surface area contributed by atoms with Gasteiger partial charge in [-0.2, -0.15) is 10.2 Å². The first kappa shape index (κ1) is 11.8. The van der Waals surface area contributed by atoms with Crippen molar-refractivity contribution in [3.05, 3.63) is 35.7 Å². The van der Waals surface area contributed by atoms with Crippen LogP contribution in [-0.4, -0.2) is 11.1 Å². The summed E-state index contributed by atoms with van der Waals surface area (Å²) in [4.78, 5) is 11.3. The van der Waals surface area contributed by atoms with E-state index in [9.17, 15) is 9.90 Å². The highest BCUT2D eigenvalue weighted by Crippen LogP contribution is 2.35. The number of azo groups is 1. The lowest BCUT2D eigenvalue weighted by molar-refractivity contribution is -0.142. The quantitative estimate of drug-likeness (QED) is 0.811. The van der Waals surface area contributed by atoms with E-state index in [4.69, 9.17) is 0 Å². The first-order valence-corrected chi connectivity index (χ1v) is 5.94. The second-order valence-corrected chi connectivity index (χ2v) is 4.29. The number of hydrogen-bond acceptors (Lipinski definition) is 3. The molecular weight excluding hydrogens is 216 g/mol. The molecule has 0 fully saturated rings. The highest BCUT2D eigenvalue weighted by atomic mass is 16.4. The minimum Gasteiger partial charge on any atom is -0.481 e. The molecule has 4 nitrogen and oxygen atoms in total. The van der Waals surface area contributed by atoms with Crippen LogP contribution in [0, 0.1) is 11.8 Å². The van der Waals surface area contributed by atoms with Crippen molar-refractivity contribution in [3.63, 3.8) is 0 Å². The Balaban J connectivity index is 2.38. The van der Waals surface area contributed by atoms with Gasteiger partial charge in [0.25, 0.3) is 0 Å². The van der Waals surface area contributed by atoms with Crippen LogP contribution in [0.15, 0.2) is 45.9 Å². The summed E-state index contributed by atoms with van der Waals surface area (Å²) >= 11 is 0. The Morgan fingerprint density at radius 3 is 3.18 bits per heavy atom. The molecule has 1 unspecified atom stereocenters. The van der Waals surface area contributed by atoms with Crippen LogP contribution in [0.3, 0.4) is 0 Å². The zero-order valence-corrected chi connectivity index (χ0v) is 9.84. The zero-order chi connectivity index (χ0) is 12.3. The maximum atomic E-state index is 11.3. The fourth-order valence-corrected chi connectivity index (χ4v) is 2.41. The summed E-state index contributed by atoms with van der Waals surface area (Å²) in [5.41, 5.74) is 1.95. The number of carbonyl (C=O) groups is 1. The maximum Gasteiger partial charge on any atom is 0.307 e. The Hall–Kier alpha value is -1.71. The summed E-state index contributed by atoms with van der Waals surface area (Å²) in [6.45, 7) is 1.91. The van der Waals surface area contributed by atoms with Gasteiger partial charge in [0.2, 0.25) is 0 Å². The molecule has 0 aromatic carbocycles. The fourth-order valence-electron chi connectivity index (χ4n) is 2.41. The predicted molar refractivity (Wildman–Crippen MR) is 64.3 cm³/mol.